The molecule has 0 bridgehead atoms. The minimum atomic E-state index is -1.46. The van der Waals surface area contributed by atoms with Gasteiger partial charge in [0.05, 0.1) is 6.04 Å². The Morgan fingerprint density at radius 1 is 0.938 bits per heavy atom. The van der Waals surface area contributed by atoms with E-state index in [2.05, 4.69) is 26.6 Å². The predicted octanol–water partition coefficient (Wildman–Crippen LogP) is 2.37. The highest BCUT2D eigenvalue weighted by molar-refractivity contribution is 6.38. The summed E-state index contributed by atoms with van der Waals surface area (Å²) in [6.07, 6.45) is 3.76. The third-order valence-electron chi connectivity index (χ3n) is 9.03. The molecule has 11 nitrogen and oxygen atoms in total. The fourth-order valence-corrected chi connectivity index (χ4v) is 6.21. The van der Waals surface area contributed by atoms with Crippen molar-refractivity contribution in [1.82, 2.24) is 26.6 Å². The molecule has 2 fully saturated rings. The third kappa shape index (κ3) is 8.71. The first-order valence-electron chi connectivity index (χ1n) is 16.7. The maximum Gasteiger partial charge on any atom is 0.289 e. The highest BCUT2D eigenvalue weighted by atomic mass is 16.2. The number of amides is 4. The van der Waals surface area contributed by atoms with E-state index < -0.39 is 47.0 Å². The summed E-state index contributed by atoms with van der Waals surface area (Å²) in [7, 11) is 0. The zero-order valence-electron chi connectivity index (χ0n) is 27.1. The molecule has 0 aromatic heterocycles. The van der Waals surface area contributed by atoms with E-state index in [1.54, 1.807) is 12.1 Å². The van der Waals surface area contributed by atoms with Crippen LogP contribution < -0.4 is 26.6 Å². The number of rotatable bonds is 17. The van der Waals surface area contributed by atoms with Crippen molar-refractivity contribution >= 4 is 46.5 Å². The van der Waals surface area contributed by atoms with Gasteiger partial charge in [0.2, 0.25) is 17.6 Å². The minimum absolute atomic E-state index is 0.0315. The van der Waals surface area contributed by atoms with Gasteiger partial charge in [0.25, 0.3) is 11.8 Å². The summed E-state index contributed by atoms with van der Waals surface area (Å²) in [5, 5.41) is 16.0. The standard InChI is InChI=1S/C37H43N5O6/c1-2-18-37(23-43,22-39-30(21-26-17-19-38-33(26)45)32(44)36(48)40-27-15-16-27)42-35(47)31(20-24-9-4-3-5-10-24)41-34(46)29-14-8-12-25-11-6-7-13-28(25)29/h3-14,23,26-27,30-31,39H,2,15-22H2,1H3,(H,38,45)(H,40,48)(H,41,46)(H,42,47)/t26-,30-,31+,37+/m0/s1. The van der Waals surface area contributed by atoms with Crippen molar-refractivity contribution in [2.24, 2.45) is 5.92 Å². The molecule has 1 aliphatic carbocycles. The van der Waals surface area contributed by atoms with Gasteiger partial charge in [-0.3, -0.25) is 24.0 Å². The first kappa shape index (κ1) is 34.4. The Labute approximate surface area is 280 Å². The van der Waals surface area contributed by atoms with Crippen LogP contribution in [0.4, 0.5) is 0 Å². The Kier molecular flexibility index (Phi) is 11.3. The Morgan fingerprint density at radius 3 is 2.35 bits per heavy atom. The Bertz CT molecular complexity index is 1650. The number of benzene rings is 3. The van der Waals surface area contributed by atoms with E-state index in [0.717, 1.165) is 29.2 Å². The molecule has 0 unspecified atom stereocenters. The van der Waals surface area contributed by atoms with E-state index in [1.807, 2.05) is 67.6 Å². The van der Waals surface area contributed by atoms with Crippen LogP contribution >= 0.6 is 0 Å². The molecule has 1 heterocycles. The predicted molar refractivity (Wildman–Crippen MR) is 181 cm³/mol. The van der Waals surface area contributed by atoms with Crippen LogP contribution in [-0.4, -0.2) is 72.5 Å². The van der Waals surface area contributed by atoms with Crippen LogP contribution in [0.5, 0.6) is 0 Å². The highest BCUT2D eigenvalue weighted by Crippen LogP contribution is 2.22. The molecule has 5 N–H and O–H groups in total. The van der Waals surface area contributed by atoms with Crippen molar-refractivity contribution in [2.75, 3.05) is 13.1 Å². The van der Waals surface area contributed by atoms with Gasteiger partial charge in [0.1, 0.15) is 17.9 Å². The van der Waals surface area contributed by atoms with E-state index in [1.165, 1.54) is 0 Å². The van der Waals surface area contributed by atoms with Gasteiger partial charge in [-0.1, -0.05) is 80.1 Å². The molecule has 0 spiro atoms. The third-order valence-corrected chi connectivity index (χ3v) is 9.03. The summed E-state index contributed by atoms with van der Waals surface area (Å²) in [6, 6.07) is 20.0. The van der Waals surface area contributed by atoms with Crippen LogP contribution in [0.25, 0.3) is 10.8 Å². The maximum absolute atomic E-state index is 14.1. The molecule has 1 saturated heterocycles. The lowest BCUT2D eigenvalue weighted by molar-refractivity contribution is -0.139. The van der Waals surface area contributed by atoms with Crippen LogP contribution in [0.3, 0.4) is 0 Å². The molecule has 3 aromatic rings. The van der Waals surface area contributed by atoms with Crippen LogP contribution in [-0.2, 0) is 30.4 Å². The second-order valence-corrected chi connectivity index (χ2v) is 12.8. The number of ketones is 1. The molecule has 3 aromatic carbocycles. The normalized spacial score (nSPS) is 18.2. The number of hydrogen-bond acceptors (Lipinski definition) is 7. The van der Waals surface area contributed by atoms with Gasteiger partial charge >= 0.3 is 0 Å². The molecule has 4 amide bonds. The molecule has 2 aliphatic rings. The Hall–Kier alpha value is -4.90. The monoisotopic (exact) mass is 653 g/mol. The SMILES string of the molecule is CCC[C@](C=O)(CN[C@@H](C[C@@H]1CCNC1=O)C(=O)C(=O)NC1CC1)NC(=O)[C@@H](Cc1ccccc1)NC(=O)c1cccc2ccccc12. The van der Waals surface area contributed by atoms with Crippen molar-refractivity contribution in [1.29, 1.82) is 0 Å². The molecular formula is C37H43N5O6. The second kappa shape index (κ2) is 15.8. The van der Waals surface area contributed by atoms with E-state index in [9.17, 15) is 28.8 Å². The topological polar surface area (TPSA) is 163 Å². The summed E-state index contributed by atoms with van der Waals surface area (Å²) >= 11 is 0. The molecule has 1 saturated carbocycles. The summed E-state index contributed by atoms with van der Waals surface area (Å²) in [5.41, 5.74) is -0.241. The van der Waals surface area contributed by atoms with E-state index in [4.69, 9.17) is 0 Å². The smallest absolute Gasteiger partial charge is 0.289 e. The van der Waals surface area contributed by atoms with Gasteiger partial charge < -0.3 is 31.4 Å². The van der Waals surface area contributed by atoms with Gasteiger partial charge in [0.15, 0.2) is 0 Å². The van der Waals surface area contributed by atoms with Gasteiger partial charge in [-0.15, -0.1) is 0 Å². The number of carbonyl (C=O) groups is 6. The van der Waals surface area contributed by atoms with E-state index in [-0.39, 0.29) is 37.8 Å². The molecule has 252 valence electrons. The first-order valence-corrected chi connectivity index (χ1v) is 16.7. The average molecular weight is 654 g/mol. The van der Waals surface area contributed by atoms with Crippen LogP contribution in [0.2, 0.25) is 0 Å². The van der Waals surface area contributed by atoms with Crippen LogP contribution in [0.1, 0.15) is 61.4 Å². The number of Topliss-reactive ketones (excluding diaryl/α,β-unsaturated/α-hetero) is 1. The first-order chi connectivity index (χ1) is 23.2. The molecule has 0 radical (unpaired) electrons. The Morgan fingerprint density at radius 2 is 1.67 bits per heavy atom. The number of aldehydes is 1. The minimum Gasteiger partial charge on any atom is -0.356 e. The lowest BCUT2D eigenvalue weighted by Crippen LogP contribution is -2.62. The molecule has 48 heavy (non-hydrogen) atoms. The molecule has 4 atom stereocenters. The number of fused-ring (bicyclic) bond motifs is 1. The lowest BCUT2D eigenvalue weighted by atomic mass is 9.91. The molecule has 5 rings (SSSR count). The van der Waals surface area contributed by atoms with E-state index in [0.29, 0.717) is 31.2 Å². The quantitative estimate of drug-likeness (QED) is 0.110. The summed E-state index contributed by atoms with van der Waals surface area (Å²) < 4.78 is 0. The zero-order chi connectivity index (χ0) is 34.1. The van der Waals surface area contributed by atoms with Crippen LogP contribution in [0.15, 0.2) is 72.8 Å². The van der Waals surface area contributed by atoms with E-state index >= 15 is 0 Å². The fraction of sp³-hybridized carbons (Fsp3) is 0.405. The van der Waals surface area contributed by atoms with Crippen molar-refractivity contribution in [3.05, 3.63) is 83.9 Å². The summed E-state index contributed by atoms with van der Waals surface area (Å²) in [6.45, 7) is 2.19. The average Bonchev–Trinajstić information content (AvgIpc) is 3.83. The molecule has 1 aliphatic heterocycles. The van der Waals surface area contributed by atoms with Crippen LogP contribution in [0, 0.1) is 5.92 Å². The molecule has 11 heteroatoms. The lowest BCUT2D eigenvalue weighted by Gasteiger charge is -2.33. The van der Waals surface area contributed by atoms with Crippen molar-refractivity contribution in [3.8, 4) is 0 Å². The summed E-state index contributed by atoms with van der Waals surface area (Å²) in [5.74, 6) is -3.11. The zero-order valence-corrected chi connectivity index (χ0v) is 27.1. The highest BCUT2D eigenvalue weighted by Gasteiger charge is 2.39. The van der Waals surface area contributed by atoms with Gasteiger partial charge in [-0.05, 0) is 54.5 Å². The summed E-state index contributed by atoms with van der Waals surface area (Å²) in [4.78, 5) is 79.0. The van der Waals surface area contributed by atoms with Gasteiger partial charge in [-0.25, -0.2) is 0 Å². The maximum atomic E-state index is 14.1. The largest absolute Gasteiger partial charge is 0.356 e. The number of carbonyl (C=O) groups excluding carboxylic acids is 6. The van der Waals surface area contributed by atoms with Crippen molar-refractivity contribution in [2.45, 2.75) is 75.5 Å². The Balaban J connectivity index is 1.36. The number of nitrogens with one attached hydrogen (secondary N) is 5. The second-order valence-electron chi connectivity index (χ2n) is 12.8. The van der Waals surface area contributed by atoms with Crippen molar-refractivity contribution in [3.63, 3.8) is 0 Å². The van der Waals surface area contributed by atoms with Gasteiger partial charge in [0, 0.05) is 37.0 Å². The van der Waals surface area contributed by atoms with Crippen molar-refractivity contribution < 1.29 is 28.8 Å². The molecular weight excluding hydrogens is 610 g/mol. The van der Waals surface area contributed by atoms with Gasteiger partial charge in [-0.2, -0.15) is 0 Å². The number of hydrogen-bond donors (Lipinski definition) is 5. The fourth-order valence-electron chi connectivity index (χ4n) is 6.21.